The van der Waals surface area contributed by atoms with E-state index in [0.29, 0.717) is 5.57 Å². The van der Waals surface area contributed by atoms with Crippen LogP contribution in [-0.2, 0) is 0 Å². The molecule has 0 saturated carbocycles. The summed E-state index contributed by atoms with van der Waals surface area (Å²) in [5.41, 5.74) is 2.94. The molecule has 25 heavy (non-hydrogen) atoms. The van der Waals surface area contributed by atoms with E-state index in [-0.39, 0.29) is 22.3 Å². The molecule has 1 aliphatic rings. The lowest BCUT2D eigenvalue weighted by Gasteiger charge is -2.33. The summed E-state index contributed by atoms with van der Waals surface area (Å²) < 4.78 is 14.7. The number of carbonyl (C=O) groups is 1. The van der Waals surface area contributed by atoms with Crippen LogP contribution >= 0.6 is 0 Å². The zero-order valence-electron chi connectivity index (χ0n) is 15.2. The Morgan fingerprint density at radius 2 is 2.00 bits per heavy atom. The fourth-order valence-corrected chi connectivity index (χ4v) is 3.35. The second-order valence-electron chi connectivity index (χ2n) is 7.30. The summed E-state index contributed by atoms with van der Waals surface area (Å²) in [6.07, 6.45) is 7.03. The van der Waals surface area contributed by atoms with E-state index in [1.165, 1.54) is 29.7 Å². The topological polar surface area (TPSA) is 57.5 Å². The molecule has 0 fully saturated rings. The Labute approximate surface area is 148 Å². The first-order valence-electron chi connectivity index (χ1n) is 8.45. The van der Waals surface area contributed by atoms with Crippen molar-refractivity contribution in [3.63, 3.8) is 0 Å². The Bertz CT molecular complexity index is 782. The van der Waals surface area contributed by atoms with Gasteiger partial charge < -0.3 is 10.2 Å². The molecule has 1 aliphatic carbocycles. The van der Waals surface area contributed by atoms with E-state index in [1.807, 2.05) is 6.08 Å². The molecule has 4 heteroatoms. The molecule has 0 saturated heterocycles. The highest BCUT2D eigenvalue weighted by Gasteiger charge is 2.26. The molecule has 0 heterocycles. The third kappa shape index (κ3) is 4.19. The third-order valence-electron chi connectivity index (χ3n) is 4.87. The van der Waals surface area contributed by atoms with Crippen LogP contribution < -0.4 is 0 Å². The van der Waals surface area contributed by atoms with Crippen molar-refractivity contribution < 1.29 is 19.4 Å². The predicted molar refractivity (Wildman–Crippen MR) is 98.2 cm³/mol. The minimum absolute atomic E-state index is 0.000700. The van der Waals surface area contributed by atoms with Gasteiger partial charge in [0.25, 0.3) is 0 Å². The first-order valence-corrected chi connectivity index (χ1v) is 8.45. The smallest absolute Gasteiger partial charge is 0.335 e. The van der Waals surface area contributed by atoms with Crippen molar-refractivity contribution in [3.05, 3.63) is 58.2 Å². The second kappa shape index (κ2) is 7.26. The zero-order valence-corrected chi connectivity index (χ0v) is 15.2. The van der Waals surface area contributed by atoms with Crippen LogP contribution in [0.5, 0.6) is 5.75 Å². The van der Waals surface area contributed by atoms with E-state index >= 15 is 0 Å². The maximum atomic E-state index is 14.7. The van der Waals surface area contributed by atoms with Gasteiger partial charge in [-0.15, -0.1) is 0 Å². The molecule has 0 amide bonds. The molecule has 3 nitrogen and oxygen atoms in total. The van der Waals surface area contributed by atoms with Gasteiger partial charge in [0, 0.05) is 0 Å². The maximum Gasteiger partial charge on any atom is 0.335 e. The summed E-state index contributed by atoms with van der Waals surface area (Å²) in [5.74, 6) is -2.10. The summed E-state index contributed by atoms with van der Waals surface area (Å²) >= 11 is 0. The van der Waals surface area contributed by atoms with Gasteiger partial charge in [-0.25, -0.2) is 9.18 Å². The molecule has 2 rings (SSSR count). The van der Waals surface area contributed by atoms with Crippen LogP contribution in [0.4, 0.5) is 4.39 Å². The number of phenolic OH excluding ortho intramolecular Hbond substituents is 1. The SMILES string of the molecule is CC1=C(/C=C/C(C)=C(\F)c2ccc(C(=O)O)cc2O)C(C)(C)CCC1. The number of hydrogen-bond donors (Lipinski definition) is 2. The van der Waals surface area contributed by atoms with Crippen LogP contribution in [0, 0.1) is 5.41 Å². The highest BCUT2D eigenvalue weighted by atomic mass is 19.1. The van der Waals surface area contributed by atoms with Gasteiger partial charge in [0.15, 0.2) is 0 Å². The summed E-state index contributed by atoms with van der Waals surface area (Å²) in [4.78, 5) is 10.9. The number of aromatic hydroxyl groups is 1. The summed E-state index contributed by atoms with van der Waals surface area (Å²) in [6.45, 7) is 8.15. The number of carboxylic acids is 1. The Kier molecular flexibility index (Phi) is 5.51. The van der Waals surface area contributed by atoms with Crippen molar-refractivity contribution in [1.29, 1.82) is 0 Å². The average molecular weight is 344 g/mol. The third-order valence-corrected chi connectivity index (χ3v) is 4.87. The zero-order chi connectivity index (χ0) is 18.8. The standard InChI is InChI=1S/C21H25FO3/c1-13-6-5-11-21(3,4)17(13)10-7-14(2)19(22)16-9-8-15(20(24)25)12-18(16)23/h7-10,12,23H,5-6,11H2,1-4H3,(H,24,25)/b10-7+,19-14-. The molecule has 1 aromatic carbocycles. The molecule has 0 unspecified atom stereocenters. The number of aromatic carboxylic acids is 1. The van der Waals surface area contributed by atoms with Gasteiger partial charge in [-0.2, -0.15) is 0 Å². The van der Waals surface area contributed by atoms with Crippen molar-refractivity contribution in [2.45, 2.75) is 47.0 Å². The molecule has 0 radical (unpaired) electrons. The van der Waals surface area contributed by atoms with Crippen LogP contribution in [0.1, 0.15) is 62.9 Å². The number of benzene rings is 1. The number of carboxylic acid groups (broad SMARTS) is 1. The van der Waals surface area contributed by atoms with Gasteiger partial charge in [-0.3, -0.25) is 0 Å². The van der Waals surface area contributed by atoms with E-state index in [4.69, 9.17) is 5.11 Å². The lowest BCUT2D eigenvalue weighted by atomic mass is 9.72. The van der Waals surface area contributed by atoms with E-state index < -0.39 is 11.8 Å². The van der Waals surface area contributed by atoms with Crippen molar-refractivity contribution >= 4 is 11.8 Å². The quantitative estimate of drug-likeness (QED) is 0.671. The highest BCUT2D eigenvalue weighted by molar-refractivity contribution is 5.89. The lowest BCUT2D eigenvalue weighted by Crippen LogP contribution is -2.19. The molecule has 0 aliphatic heterocycles. The van der Waals surface area contributed by atoms with Crippen LogP contribution in [0.3, 0.4) is 0 Å². The van der Waals surface area contributed by atoms with Crippen molar-refractivity contribution in [2.75, 3.05) is 0 Å². The fraction of sp³-hybridized carbons (Fsp3) is 0.381. The number of phenols is 1. The van der Waals surface area contributed by atoms with E-state index in [1.54, 1.807) is 13.0 Å². The summed E-state index contributed by atoms with van der Waals surface area (Å²) in [5, 5.41) is 18.8. The van der Waals surface area contributed by atoms with E-state index in [0.717, 1.165) is 18.9 Å². The largest absolute Gasteiger partial charge is 0.507 e. The molecule has 2 N–H and O–H groups in total. The molecular formula is C21H25FO3. The molecule has 0 aromatic heterocycles. The number of halogens is 1. The number of rotatable bonds is 4. The second-order valence-corrected chi connectivity index (χ2v) is 7.30. The summed E-state index contributed by atoms with van der Waals surface area (Å²) in [6, 6.07) is 3.64. The molecule has 0 atom stereocenters. The fourth-order valence-electron chi connectivity index (χ4n) is 3.35. The van der Waals surface area contributed by atoms with Crippen molar-refractivity contribution in [3.8, 4) is 5.75 Å². The van der Waals surface area contributed by atoms with Crippen LogP contribution in [0.25, 0.3) is 5.83 Å². The Morgan fingerprint density at radius 3 is 2.56 bits per heavy atom. The molecule has 0 spiro atoms. The molecular weight excluding hydrogens is 319 g/mol. The first kappa shape index (κ1) is 19.0. The Hall–Kier alpha value is -2.36. The first-order chi connectivity index (χ1) is 11.6. The average Bonchev–Trinajstić information content (AvgIpc) is 2.52. The number of allylic oxidation sites excluding steroid dienone is 5. The van der Waals surface area contributed by atoms with Gasteiger partial charge >= 0.3 is 5.97 Å². The minimum Gasteiger partial charge on any atom is -0.507 e. The lowest BCUT2D eigenvalue weighted by molar-refractivity contribution is 0.0696. The van der Waals surface area contributed by atoms with Crippen molar-refractivity contribution in [1.82, 2.24) is 0 Å². The van der Waals surface area contributed by atoms with Gasteiger partial charge in [-0.1, -0.05) is 31.6 Å². The molecule has 0 bridgehead atoms. The monoisotopic (exact) mass is 344 g/mol. The van der Waals surface area contributed by atoms with Gasteiger partial charge in [0.2, 0.25) is 0 Å². The minimum atomic E-state index is -1.16. The summed E-state index contributed by atoms with van der Waals surface area (Å²) in [7, 11) is 0. The molecule has 1 aromatic rings. The maximum absolute atomic E-state index is 14.7. The van der Waals surface area contributed by atoms with Crippen LogP contribution in [0.15, 0.2) is 47.1 Å². The predicted octanol–water partition coefficient (Wildman–Crippen LogP) is 5.87. The Morgan fingerprint density at radius 1 is 1.32 bits per heavy atom. The molecule has 134 valence electrons. The Balaban J connectivity index is 2.35. The van der Waals surface area contributed by atoms with E-state index in [9.17, 15) is 14.3 Å². The highest BCUT2D eigenvalue weighted by Crippen LogP contribution is 2.41. The van der Waals surface area contributed by atoms with Gasteiger partial charge in [0.1, 0.15) is 11.6 Å². The van der Waals surface area contributed by atoms with Gasteiger partial charge in [0.05, 0.1) is 11.1 Å². The van der Waals surface area contributed by atoms with E-state index in [2.05, 4.69) is 20.8 Å². The normalized spacial score (nSPS) is 18.4. The van der Waals surface area contributed by atoms with Crippen molar-refractivity contribution in [2.24, 2.45) is 5.41 Å². The van der Waals surface area contributed by atoms with Crippen LogP contribution in [-0.4, -0.2) is 16.2 Å². The number of hydrogen-bond acceptors (Lipinski definition) is 2. The van der Waals surface area contributed by atoms with Crippen LogP contribution in [0.2, 0.25) is 0 Å². The van der Waals surface area contributed by atoms with Gasteiger partial charge in [-0.05, 0) is 67.9 Å².